The Hall–Kier alpha value is -1.71. The maximum atomic E-state index is 10.6. The van der Waals surface area contributed by atoms with E-state index >= 15 is 0 Å². The van der Waals surface area contributed by atoms with E-state index in [1.807, 2.05) is 24.3 Å². The molecular formula is C14H21NO3. The van der Waals surface area contributed by atoms with Crippen molar-refractivity contribution in [2.45, 2.75) is 26.7 Å². The minimum Gasteiger partial charge on any atom is -0.480 e. The zero-order valence-corrected chi connectivity index (χ0v) is 11.1. The number of carboxylic acid groups (broad SMARTS) is 1. The molecule has 1 rings (SSSR count). The van der Waals surface area contributed by atoms with E-state index < -0.39 is 5.97 Å². The summed E-state index contributed by atoms with van der Waals surface area (Å²) in [5.74, 6) is -0.316. The maximum Gasteiger partial charge on any atom is 0.341 e. The Morgan fingerprint density at radius 3 is 2.39 bits per heavy atom. The number of anilines is 1. The standard InChI is InChI=1S/C14H21NO3/c1-3-9-15(10-4-2)12-7-5-6-8-13(12)18-11-14(16)17/h5-8H,3-4,9-11H2,1-2H3,(H,16,17). The fourth-order valence-electron chi connectivity index (χ4n) is 1.87. The van der Waals surface area contributed by atoms with E-state index in [1.54, 1.807) is 0 Å². The molecule has 0 fully saturated rings. The predicted molar refractivity (Wildman–Crippen MR) is 72.4 cm³/mol. The summed E-state index contributed by atoms with van der Waals surface area (Å²) >= 11 is 0. The van der Waals surface area contributed by atoms with Crippen LogP contribution in [0.15, 0.2) is 24.3 Å². The van der Waals surface area contributed by atoms with Gasteiger partial charge in [0.15, 0.2) is 6.61 Å². The van der Waals surface area contributed by atoms with Crippen LogP contribution in [0.3, 0.4) is 0 Å². The molecule has 0 saturated heterocycles. The van der Waals surface area contributed by atoms with Gasteiger partial charge in [-0.1, -0.05) is 26.0 Å². The van der Waals surface area contributed by atoms with Crippen LogP contribution >= 0.6 is 0 Å². The smallest absolute Gasteiger partial charge is 0.341 e. The van der Waals surface area contributed by atoms with E-state index in [-0.39, 0.29) is 6.61 Å². The minimum atomic E-state index is -0.956. The number of aliphatic carboxylic acids is 1. The van der Waals surface area contributed by atoms with Crippen LogP contribution in [0.2, 0.25) is 0 Å². The summed E-state index contributed by atoms with van der Waals surface area (Å²) in [4.78, 5) is 12.8. The van der Waals surface area contributed by atoms with Gasteiger partial charge in [-0.2, -0.15) is 0 Å². The van der Waals surface area contributed by atoms with Gasteiger partial charge in [0.1, 0.15) is 5.75 Å². The molecule has 0 unspecified atom stereocenters. The zero-order chi connectivity index (χ0) is 13.4. The van der Waals surface area contributed by atoms with Gasteiger partial charge in [0.05, 0.1) is 5.69 Å². The Morgan fingerprint density at radius 2 is 1.83 bits per heavy atom. The van der Waals surface area contributed by atoms with Crippen molar-refractivity contribution >= 4 is 11.7 Å². The highest BCUT2D eigenvalue weighted by Gasteiger charge is 2.11. The van der Waals surface area contributed by atoms with E-state index in [9.17, 15) is 4.79 Å². The van der Waals surface area contributed by atoms with Crippen LogP contribution in [-0.2, 0) is 4.79 Å². The molecule has 0 saturated carbocycles. The second kappa shape index (κ2) is 7.58. The van der Waals surface area contributed by atoms with Crippen LogP contribution in [-0.4, -0.2) is 30.8 Å². The first-order valence-electron chi connectivity index (χ1n) is 6.37. The molecule has 0 aromatic heterocycles. The van der Waals surface area contributed by atoms with Crippen LogP contribution < -0.4 is 9.64 Å². The zero-order valence-electron chi connectivity index (χ0n) is 11.1. The van der Waals surface area contributed by atoms with Crippen molar-refractivity contribution in [2.24, 2.45) is 0 Å². The van der Waals surface area contributed by atoms with Crippen LogP contribution in [0.25, 0.3) is 0 Å². The normalized spacial score (nSPS) is 10.1. The van der Waals surface area contributed by atoms with E-state index in [1.165, 1.54) is 0 Å². The van der Waals surface area contributed by atoms with Gasteiger partial charge in [0, 0.05) is 13.1 Å². The van der Waals surface area contributed by atoms with Crippen molar-refractivity contribution in [1.29, 1.82) is 0 Å². The number of nitrogens with zero attached hydrogens (tertiary/aromatic N) is 1. The van der Waals surface area contributed by atoms with Crippen LogP contribution in [0.1, 0.15) is 26.7 Å². The molecule has 0 aliphatic carbocycles. The van der Waals surface area contributed by atoms with Crippen molar-refractivity contribution in [3.63, 3.8) is 0 Å². The number of ether oxygens (including phenoxy) is 1. The van der Waals surface area contributed by atoms with Crippen molar-refractivity contribution in [3.05, 3.63) is 24.3 Å². The first-order valence-corrected chi connectivity index (χ1v) is 6.37. The molecule has 4 heteroatoms. The number of carbonyl (C=O) groups is 1. The summed E-state index contributed by atoms with van der Waals surface area (Å²) in [5, 5.41) is 8.67. The van der Waals surface area contributed by atoms with Crippen molar-refractivity contribution < 1.29 is 14.6 Å². The average molecular weight is 251 g/mol. The monoisotopic (exact) mass is 251 g/mol. The number of hydrogen-bond acceptors (Lipinski definition) is 3. The largest absolute Gasteiger partial charge is 0.480 e. The molecule has 0 amide bonds. The molecule has 0 atom stereocenters. The van der Waals surface area contributed by atoms with Gasteiger partial charge in [0.2, 0.25) is 0 Å². The Balaban J connectivity index is 2.86. The molecule has 0 aliphatic heterocycles. The summed E-state index contributed by atoms with van der Waals surface area (Å²) in [5.41, 5.74) is 0.974. The molecule has 0 spiro atoms. The lowest BCUT2D eigenvalue weighted by Crippen LogP contribution is -2.25. The van der Waals surface area contributed by atoms with E-state index in [0.717, 1.165) is 31.6 Å². The Morgan fingerprint density at radius 1 is 1.22 bits per heavy atom. The lowest BCUT2D eigenvalue weighted by Gasteiger charge is -2.25. The average Bonchev–Trinajstić information content (AvgIpc) is 2.36. The highest BCUT2D eigenvalue weighted by atomic mass is 16.5. The van der Waals surface area contributed by atoms with Crippen molar-refractivity contribution in [2.75, 3.05) is 24.6 Å². The van der Waals surface area contributed by atoms with Crippen LogP contribution in [0.4, 0.5) is 5.69 Å². The van der Waals surface area contributed by atoms with Gasteiger partial charge < -0.3 is 14.7 Å². The third-order valence-electron chi connectivity index (χ3n) is 2.54. The molecule has 18 heavy (non-hydrogen) atoms. The fraction of sp³-hybridized carbons (Fsp3) is 0.500. The number of carboxylic acids is 1. The lowest BCUT2D eigenvalue weighted by atomic mass is 10.2. The summed E-state index contributed by atoms with van der Waals surface area (Å²) in [6, 6.07) is 7.59. The lowest BCUT2D eigenvalue weighted by molar-refractivity contribution is -0.139. The Kier molecular flexibility index (Phi) is 6.05. The Labute approximate surface area is 108 Å². The number of rotatable bonds is 8. The van der Waals surface area contributed by atoms with Gasteiger partial charge in [-0.05, 0) is 25.0 Å². The van der Waals surface area contributed by atoms with E-state index in [4.69, 9.17) is 9.84 Å². The number of hydrogen-bond donors (Lipinski definition) is 1. The van der Waals surface area contributed by atoms with Crippen LogP contribution in [0, 0.1) is 0 Å². The van der Waals surface area contributed by atoms with E-state index in [2.05, 4.69) is 18.7 Å². The molecule has 1 N–H and O–H groups in total. The molecule has 0 heterocycles. The molecule has 1 aromatic rings. The summed E-state index contributed by atoms with van der Waals surface area (Å²) in [6.07, 6.45) is 2.10. The summed E-state index contributed by atoms with van der Waals surface area (Å²) < 4.78 is 5.33. The van der Waals surface area contributed by atoms with Gasteiger partial charge in [0.25, 0.3) is 0 Å². The Bertz CT molecular complexity index is 373. The molecule has 4 nitrogen and oxygen atoms in total. The quantitative estimate of drug-likeness (QED) is 0.772. The molecule has 0 bridgehead atoms. The third-order valence-corrected chi connectivity index (χ3v) is 2.54. The van der Waals surface area contributed by atoms with Crippen molar-refractivity contribution in [1.82, 2.24) is 0 Å². The molecule has 0 radical (unpaired) electrons. The second-order valence-electron chi connectivity index (χ2n) is 4.14. The SMILES string of the molecule is CCCN(CCC)c1ccccc1OCC(=O)O. The molecule has 1 aromatic carbocycles. The summed E-state index contributed by atoms with van der Waals surface area (Å²) in [6.45, 7) is 5.85. The second-order valence-corrected chi connectivity index (χ2v) is 4.14. The first-order chi connectivity index (χ1) is 8.69. The fourth-order valence-corrected chi connectivity index (χ4v) is 1.87. The topological polar surface area (TPSA) is 49.8 Å². The number of benzene rings is 1. The van der Waals surface area contributed by atoms with Crippen LogP contribution in [0.5, 0.6) is 5.75 Å². The number of para-hydroxylation sites is 2. The maximum absolute atomic E-state index is 10.6. The molecular weight excluding hydrogens is 230 g/mol. The van der Waals surface area contributed by atoms with Gasteiger partial charge in [-0.25, -0.2) is 4.79 Å². The first kappa shape index (κ1) is 14.4. The van der Waals surface area contributed by atoms with Crippen molar-refractivity contribution in [3.8, 4) is 5.75 Å². The predicted octanol–water partition coefficient (Wildman–Crippen LogP) is 2.78. The third kappa shape index (κ3) is 4.28. The summed E-state index contributed by atoms with van der Waals surface area (Å²) in [7, 11) is 0. The van der Waals surface area contributed by atoms with Gasteiger partial charge in [-0.15, -0.1) is 0 Å². The molecule has 0 aliphatic rings. The van der Waals surface area contributed by atoms with E-state index in [0.29, 0.717) is 5.75 Å². The minimum absolute atomic E-state index is 0.302. The highest BCUT2D eigenvalue weighted by Crippen LogP contribution is 2.28. The highest BCUT2D eigenvalue weighted by molar-refractivity contribution is 5.69. The van der Waals surface area contributed by atoms with Gasteiger partial charge >= 0.3 is 5.97 Å². The molecule has 100 valence electrons. The van der Waals surface area contributed by atoms with Gasteiger partial charge in [-0.3, -0.25) is 0 Å².